The third-order valence-corrected chi connectivity index (χ3v) is 6.08. The van der Waals surface area contributed by atoms with Crippen LogP contribution in [0.4, 0.5) is 13.2 Å². The molecular formula is C16H23F3N2O3S. The van der Waals surface area contributed by atoms with Gasteiger partial charge in [-0.05, 0) is 45.1 Å². The zero-order valence-electron chi connectivity index (χ0n) is 14.3. The lowest BCUT2D eigenvalue weighted by molar-refractivity contribution is -0.137. The summed E-state index contributed by atoms with van der Waals surface area (Å²) in [6, 6.07) is 3.65. The van der Waals surface area contributed by atoms with Crippen molar-refractivity contribution in [2.45, 2.75) is 30.0 Å². The Labute approximate surface area is 146 Å². The molecule has 1 fully saturated rings. The Hall–Kier alpha value is -1.16. The van der Waals surface area contributed by atoms with Crippen molar-refractivity contribution in [2.24, 2.45) is 0 Å². The summed E-state index contributed by atoms with van der Waals surface area (Å²) in [6.45, 7) is 1.59. The maximum Gasteiger partial charge on any atom is 0.416 e. The topological polar surface area (TPSA) is 49.9 Å². The quantitative estimate of drug-likeness (QED) is 0.761. The van der Waals surface area contributed by atoms with Crippen LogP contribution < -0.4 is 0 Å². The van der Waals surface area contributed by atoms with E-state index in [1.165, 1.54) is 10.4 Å². The molecule has 1 heterocycles. The van der Waals surface area contributed by atoms with E-state index in [9.17, 15) is 21.6 Å². The largest absolute Gasteiger partial charge is 0.416 e. The van der Waals surface area contributed by atoms with Gasteiger partial charge in [0.1, 0.15) is 0 Å². The number of sulfonamides is 1. The highest BCUT2D eigenvalue weighted by Gasteiger charge is 2.35. The Balaban J connectivity index is 2.36. The van der Waals surface area contributed by atoms with Crippen LogP contribution in [0, 0.1) is 0 Å². The summed E-state index contributed by atoms with van der Waals surface area (Å²) in [5, 5.41) is 0. The Morgan fingerprint density at radius 3 is 2.36 bits per heavy atom. The van der Waals surface area contributed by atoms with Crippen LogP contribution in [0.25, 0.3) is 0 Å². The fourth-order valence-corrected chi connectivity index (χ4v) is 4.46. The summed E-state index contributed by atoms with van der Waals surface area (Å²) >= 11 is 0. The van der Waals surface area contributed by atoms with Gasteiger partial charge in [0.15, 0.2) is 0 Å². The van der Waals surface area contributed by atoms with Crippen molar-refractivity contribution in [3.8, 4) is 0 Å². The van der Waals surface area contributed by atoms with Crippen LogP contribution in [0.5, 0.6) is 0 Å². The molecule has 0 saturated carbocycles. The second-order valence-electron chi connectivity index (χ2n) is 6.29. The van der Waals surface area contributed by atoms with Crippen molar-refractivity contribution >= 4 is 10.0 Å². The van der Waals surface area contributed by atoms with E-state index in [2.05, 4.69) is 0 Å². The minimum atomic E-state index is -4.58. The highest BCUT2D eigenvalue weighted by molar-refractivity contribution is 7.89. The van der Waals surface area contributed by atoms with Crippen LogP contribution in [0.1, 0.15) is 18.4 Å². The van der Waals surface area contributed by atoms with Gasteiger partial charge < -0.3 is 9.64 Å². The molecule has 1 aliphatic rings. The third kappa shape index (κ3) is 5.16. The average Bonchev–Trinajstić information content (AvgIpc) is 2.55. The molecule has 2 rings (SSSR count). The molecule has 0 unspecified atom stereocenters. The van der Waals surface area contributed by atoms with Crippen LogP contribution in [0.2, 0.25) is 0 Å². The van der Waals surface area contributed by atoms with E-state index in [4.69, 9.17) is 4.74 Å². The van der Waals surface area contributed by atoms with Crippen molar-refractivity contribution in [3.63, 3.8) is 0 Å². The standard InChI is InChI=1S/C16H23F3N2O3S/c1-20(2)8-9-21(14-6-10-24-11-7-14)25(22,23)15-5-3-4-13(12-15)16(17,18)19/h3-5,12,14H,6-11H2,1-2H3. The van der Waals surface area contributed by atoms with E-state index in [0.29, 0.717) is 38.7 Å². The molecule has 0 atom stereocenters. The zero-order chi connectivity index (χ0) is 18.7. The van der Waals surface area contributed by atoms with E-state index in [1.807, 2.05) is 19.0 Å². The Morgan fingerprint density at radius 2 is 1.80 bits per heavy atom. The van der Waals surface area contributed by atoms with Gasteiger partial charge in [-0.15, -0.1) is 0 Å². The van der Waals surface area contributed by atoms with Gasteiger partial charge in [-0.1, -0.05) is 6.07 Å². The molecule has 0 radical (unpaired) electrons. The van der Waals surface area contributed by atoms with E-state index >= 15 is 0 Å². The van der Waals surface area contributed by atoms with E-state index < -0.39 is 21.8 Å². The summed E-state index contributed by atoms with van der Waals surface area (Å²) < 4.78 is 71.4. The first-order valence-electron chi connectivity index (χ1n) is 8.04. The van der Waals surface area contributed by atoms with Gasteiger partial charge >= 0.3 is 6.18 Å². The molecule has 0 spiro atoms. The second-order valence-corrected chi connectivity index (χ2v) is 8.18. The third-order valence-electron chi connectivity index (χ3n) is 4.13. The molecule has 9 heteroatoms. The summed E-state index contributed by atoms with van der Waals surface area (Å²) in [7, 11) is -0.391. The van der Waals surface area contributed by atoms with E-state index in [1.54, 1.807) is 0 Å². The smallest absolute Gasteiger partial charge is 0.381 e. The number of likely N-dealkylation sites (N-methyl/N-ethyl adjacent to an activating group) is 1. The normalized spacial score (nSPS) is 17.4. The first kappa shape index (κ1) is 20.2. The Morgan fingerprint density at radius 1 is 1.16 bits per heavy atom. The molecule has 0 N–H and O–H groups in total. The lowest BCUT2D eigenvalue weighted by atomic mass is 10.1. The second kappa shape index (κ2) is 8.03. The van der Waals surface area contributed by atoms with Gasteiger partial charge in [-0.25, -0.2) is 8.42 Å². The molecule has 1 aromatic carbocycles. The van der Waals surface area contributed by atoms with Gasteiger partial charge in [0.05, 0.1) is 10.5 Å². The first-order chi connectivity index (χ1) is 11.6. The molecule has 0 amide bonds. The summed E-state index contributed by atoms with van der Waals surface area (Å²) in [5.74, 6) is 0. The minimum Gasteiger partial charge on any atom is -0.381 e. The number of hydrogen-bond donors (Lipinski definition) is 0. The van der Waals surface area contributed by atoms with Crippen molar-refractivity contribution < 1.29 is 26.3 Å². The highest BCUT2D eigenvalue weighted by atomic mass is 32.2. The fraction of sp³-hybridized carbons (Fsp3) is 0.625. The lowest BCUT2D eigenvalue weighted by Crippen LogP contribution is -2.46. The van der Waals surface area contributed by atoms with Crippen LogP contribution >= 0.6 is 0 Å². The van der Waals surface area contributed by atoms with Gasteiger partial charge in [0.2, 0.25) is 10.0 Å². The summed E-state index contributed by atoms with van der Waals surface area (Å²) in [6.07, 6.45) is -3.52. The lowest BCUT2D eigenvalue weighted by Gasteiger charge is -2.34. The Bertz CT molecular complexity index is 671. The average molecular weight is 380 g/mol. The number of halogens is 3. The van der Waals surface area contributed by atoms with Gasteiger partial charge in [0, 0.05) is 32.3 Å². The molecule has 142 valence electrons. The molecule has 1 saturated heterocycles. The van der Waals surface area contributed by atoms with Crippen molar-refractivity contribution in [1.29, 1.82) is 0 Å². The number of benzene rings is 1. The van der Waals surface area contributed by atoms with Crippen LogP contribution in [-0.4, -0.2) is 64.1 Å². The van der Waals surface area contributed by atoms with Crippen molar-refractivity contribution in [2.75, 3.05) is 40.4 Å². The maximum absolute atomic E-state index is 13.0. The minimum absolute atomic E-state index is 0.218. The molecule has 1 aromatic rings. The predicted molar refractivity (Wildman–Crippen MR) is 87.7 cm³/mol. The van der Waals surface area contributed by atoms with Gasteiger partial charge in [0.25, 0.3) is 0 Å². The Kier molecular flexibility index (Phi) is 6.47. The molecular weight excluding hydrogens is 357 g/mol. The van der Waals surface area contributed by atoms with Gasteiger partial charge in [-0.3, -0.25) is 0 Å². The molecule has 5 nitrogen and oxygen atoms in total. The van der Waals surface area contributed by atoms with Crippen LogP contribution in [0.3, 0.4) is 0 Å². The summed E-state index contributed by atoms with van der Waals surface area (Å²) in [4.78, 5) is 1.51. The molecule has 1 aliphatic heterocycles. The number of rotatable bonds is 6. The highest BCUT2D eigenvalue weighted by Crippen LogP contribution is 2.32. The van der Waals surface area contributed by atoms with E-state index in [0.717, 1.165) is 12.1 Å². The maximum atomic E-state index is 13.0. The van der Waals surface area contributed by atoms with Crippen molar-refractivity contribution in [1.82, 2.24) is 9.21 Å². The fourth-order valence-electron chi connectivity index (χ4n) is 2.74. The number of nitrogens with zero attached hydrogens (tertiary/aromatic N) is 2. The molecule has 0 aliphatic carbocycles. The summed E-state index contributed by atoms with van der Waals surface area (Å²) in [5.41, 5.74) is -0.965. The number of alkyl halides is 3. The zero-order valence-corrected chi connectivity index (χ0v) is 15.1. The van der Waals surface area contributed by atoms with Gasteiger partial charge in [-0.2, -0.15) is 17.5 Å². The molecule has 25 heavy (non-hydrogen) atoms. The van der Waals surface area contributed by atoms with Crippen LogP contribution in [0.15, 0.2) is 29.2 Å². The molecule has 0 bridgehead atoms. The SMILES string of the molecule is CN(C)CCN(C1CCOCC1)S(=O)(=O)c1cccc(C(F)(F)F)c1. The van der Waals surface area contributed by atoms with Crippen LogP contribution in [-0.2, 0) is 20.9 Å². The first-order valence-corrected chi connectivity index (χ1v) is 9.48. The number of hydrogen-bond acceptors (Lipinski definition) is 4. The van der Waals surface area contributed by atoms with Crippen molar-refractivity contribution in [3.05, 3.63) is 29.8 Å². The molecule has 0 aromatic heterocycles. The van der Waals surface area contributed by atoms with E-state index in [-0.39, 0.29) is 17.5 Å². The monoisotopic (exact) mass is 380 g/mol. The number of ether oxygens (including phenoxy) is 1. The predicted octanol–water partition coefficient (Wildman–Crippen LogP) is 2.44.